The van der Waals surface area contributed by atoms with Gasteiger partial charge in [-0.3, -0.25) is 5.10 Å². The van der Waals surface area contributed by atoms with E-state index in [9.17, 15) is 0 Å². The fourth-order valence-corrected chi connectivity index (χ4v) is 3.37. The Bertz CT molecular complexity index is 357. The molecule has 3 rings (SSSR count). The topological polar surface area (TPSA) is 41.6 Å². The fraction of sp³-hybridized carbons (Fsp3) is 0.857. The van der Waals surface area contributed by atoms with E-state index in [0.717, 1.165) is 11.7 Å². The highest BCUT2D eigenvalue weighted by molar-refractivity contribution is 5.04. The number of hydrogen-bond acceptors (Lipinski definition) is 2. The Hall–Kier alpha value is -0.860. The zero-order chi connectivity index (χ0) is 11.7. The van der Waals surface area contributed by atoms with Crippen molar-refractivity contribution in [1.82, 2.24) is 15.2 Å². The standard InChI is InChI=1S/C14H23N3/c1-10-6-8-12(9-7-10)14-15-13(16-17-14)11-4-2-3-5-11/h10-12H,2-9H2,1H3,(H,15,16,17). The van der Waals surface area contributed by atoms with Crippen LogP contribution in [0.3, 0.4) is 0 Å². The number of rotatable bonds is 2. The summed E-state index contributed by atoms with van der Waals surface area (Å²) in [7, 11) is 0. The molecule has 0 saturated heterocycles. The summed E-state index contributed by atoms with van der Waals surface area (Å²) in [6.07, 6.45) is 10.6. The van der Waals surface area contributed by atoms with Gasteiger partial charge in [-0.05, 0) is 31.6 Å². The zero-order valence-corrected chi connectivity index (χ0v) is 10.8. The first-order valence-corrected chi connectivity index (χ1v) is 7.25. The SMILES string of the molecule is CC1CCC(c2nc(C3CCCC3)n[nH]2)CC1. The number of nitrogens with one attached hydrogen (secondary N) is 1. The first-order valence-electron chi connectivity index (χ1n) is 7.25. The molecule has 0 radical (unpaired) electrons. The maximum atomic E-state index is 4.77. The van der Waals surface area contributed by atoms with Crippen LogP contribution in [0.4, 0.5) is 0 Å². The molecule has 2 fully saturated rings. The molecule has 94 valence electrons. The second kappa shape index (κ2) is 4.79. The third kappa shape index (κ3) is 2.38. The van der Waals surface area contributed by atoms with Gasteiger partial charge < -0.3 is 0 Å². The smallest absolute Gasteiger partial charge is 0.153 e. The van der Waals surface area contributed by atoms with Crippen LogP contribution in [0.5, 0.6) is 0 Å². The average molecular weight is 233 g/mol. The molecule has 3 nitrogen and oxygen atoms in total. The molecule has 0 atom stereocenters. The van der Waals surface area contributed by atoms with Crippen LogP contribution in [0.2, 0.25) is 0 Å². The maximum Gasteiger partial charge on any atom is 0.153 e. The van der Waals surface area contributed by atoms with Crippen LogP contribution < -0.4 is 0 Å². The van der Waals surface area contributed by atoms with Crippen molar-refractivity contribution in [2.75, 3.05) is 0 Å². The quantitative estimate of drug-likeness (QED) is 0.845. The lowest BCUT2D eigenvalue weighted by molar-refractivity contribution is 0.340. The van der Waals surface area contributed by atoms with Crippen molar-refractivity contribution in [3.63, 3.8) is 0 Å². The molecule has 0 spiro atoms. The molecule has 0 amide bonds. The first-order chi connectivity index (χ1) is 8.33. The molecule has 2 saturated carbocycles. The van der Waals surface area contributed by atoms with Gasteiger partial charge in [-0.2, -0.15) is 5.10 Å². The van der Waals surface area contributed by atoms with E-state index < -0.39 is 0 Å². The molecule has 0 aliphatic heterocycles. The lowest BCUT2D eigenvalue weighted by Crippen LogP contribution is -2.12. The van der Waals surface area contributed by atoms with Gasteiger partial charge in [0.25, 0.3) is 0 Å². The van der Waals surface area contributed by atoms with Crippen LogP contribution >= 0.6 is 0 Å². The summed E-state index contributed by atoms with van der Waals surface area (Å²) >= 11 is 0. The van der Waals surface area contributed by atoms with E-state index in [0.29, 0.717) is 11.8 Å². The molecule has 3 heteroatoms. The molecular weight excluding hydrogens is 210 g/mol. The van der Waals surface area contributed by atoms with Crippen molar-refractivity contribution in [1.29, 1.82) is 0 Å². The fourth-order valence-electron chi connectivity index (χ4n) is 3.37. The van der Waals surface area contributed by atoms with Crippen molar-refractivity contribution in [3.05, 3.63) is 11.6 Å². The van der Waals surface area contributed by atoms with Gasteiger partial charge in [0.05, 0.1) is 0 Å². The second-order valence-electron chi connectivity index (χ2n) is 6.02. The van der Waals surface area contributed by atoms with Crippen molar-refractivity contribution in [2.24, 2.45) is 5.92 Å². The zero-order valence-electron chi connectivity index (χ0n) is 10.8. The van der Waals surface area contributed by atoms with Crippen molar-refractivity contribution < 1.29 is 0 Å². The summed E-state index contributed by atoms with van der Waals surface area (Å²) in [5.41, 5.74) is 0. The van der Waals surface area contributed by atoms with Crippen LogP contribution in [0, 0.1) is 5.92 Å². The highest BCUT2D eigenvalue weighted by Gasteiger charge is 2.25. The third-order valence-electron chi connectivity index (χ3n) is 4.64. The largest absolute Gasteiger partial charge is 0.263 e. The molecule has 2 aliphatic carbocycles. The number of aromatic amines is 1. The summed E-state index contributed by atoms with van der Waals surface area (Å²) < 4.78 is 0. The van der Waals surface area contributed by atoms with E-state index in [1.807, 2.05) is 0 Å². The lowest BCUT2D eigenvalue weighted by atomic mass is 9.83. The number of hydrogen-bond donors (Lipinski definition) is 1. The summed E-state index contributed by atoms with van der Waals surface area (Å²) in [6.45, 7) is 2.36. The van der Waals surface area contributed by atoms with Crippen LogP contribution in [0.15, 0.2) is 0 Å². The van der Waals surface area contributed by atoms with E-state index in [1.54, 1.807) is 0 Å². The van der Waals surface area contributed by atoms with Crippen LogP contribution in [0.1, 0.15) is 81.8 Å². The minimum Gasteiger partial charge on any atom is -0.263 e. The predicted molar refractivity (Wildman–Crippen MR) is 68.0 cm³/mol. The Balaban J connectivity index is 1.67. The van der Waals surface area contributed by atoms with E-state index in [-0.39, 0.29) is 0 Å². The van der Waals surface area contributed by atoms with Crippen molar-refractivity contribution >= 4 is 0 Å². The average Bonchev–Trinajstić information content (AvgIpc) is 3.00. The van der Waals surface area contributed by atoms with Crippen LogP contribution in [-0.2, 0) is 0 Å². The van der Waals surface area contributed by atoms with Gasteiger partial charge in [-0.15, -0.1) is 0 Å². The Kier molecular flexibility index (Phi) is 3.17. The van der Waals surface area contributed by atoms with Gasteiger partial charge in [-0.25, -0.2) is 4.98 Å². The van der Waals surface area contributed by atoms with Gasteiger partial charge >= 0.3 is 0 Å². The van der Waals surface area contributed by atoms with Gasteiger partial charge in [0.1, 0.15) is 5.82 Å². The van der Waals surface area contributed by atoms with Crippen molar-refractivity contribution in [2.45, 2.75) is 70.1 Å². The molecule has 0 unspecified atom stereocenters. The second-order valence-corrected chi connectivity index (χ2v) is 6.02. The van der Waals surface area contributed by atoms with Crippen molar-refractivity contribution in [3.8, 4) is 0 Å². The highest BCUT2D eigenvalue weighted by atomic mass is 15.2. The molecule has 1 aromatic rings. The molecule has 17 heavy (non-hydrogen) atoms. The molecule has 0 aromatic carbocycles. The molecule has 1 N–H and O–H groups in total. The predicted octanol–water partition coefficient (Wildman–Crippen LogP) is 3.76. The first kappa shape index (κ1) is 11.2. The Labute approximate surface area is 103 Å². The van der Waals surface area contributed by atoms with E-state index in [4.69, 9.17) is 4.98 Å². The monoisotopic (exact) mass is 233 g/mol. The van der Waals surface area contributed by atoms with Gasteiger partial charge in [0.15, 0.2) is 5.82 Å². The lowest BCUT2D eigenvalue weighted by Gasteiger charge is -2.24. The minimum atomic E-state index is 0.641. The summed E-state index contributed by atoms with van der Waals surface area (Å²) in [5, 5.41) is 7.66. The summed E-state index contributed by atoms with van der Waals surface area (Å²) in [4.78, 5) is 4.77. The molecule has 1 aromatic heterocycles. The molecule has 0 bridgehead atoms. The van der Waals surface area contributed by atoms with Gasteiger partial charge in [0.2, 0.25) is 0 Å². The van der Waals surface area contributed by atoms with E-state index in [2.05, 4.69) is 17.1 Å². The Morgan fingerprint density at radius 1 is 0.941 bits per heavy atom. The minimum absolute atomic E-state index is 0.641. The number of H-pyrrole nitrogens is 1. The number of nitrogens with zero attached hydrogens (tertiary/aromatic N) is 2. The van der Waals surface area contributed by atoms with E-state index in [1.165, 1.54) is 57.2 Å². The molecular formula is C14H23N3. The molecule has 2 aliphatic rings. The van der Waals surface area contributed by atoms with Gasteiger partial charge in [-0.1, -0.05) is 32.6 Å². The third-order valence-corrected chi connectivity index (χ3v) is 4.64. The highest BCUT2D eigenvalue weighted by Crippen LogP contribution is 2.36. The summed E-state index contributed by atoms with van der Waals surface area (Å²) in [6, 6.07) is 0. The summed E-state index contributed by atoms with van der Waals surface area (Å²) in [5.74, 6) is 4.45. The molecule has 1 heterocycles. The Morgan fingerprint density at radius 2 is 1.65 bits per heavy atom. The van der Waals surface area contributed by atoms with Crippen LogP contribution in [0.25, 0.3) is 0 Å². The maximum absolute atomic E-state index is 4.77. The van der Waals surface area contributed by atoms with Crippen LogP contribution in [-0.4, -0.2) is 15.2 Å². The normalized spacial score (nSPS) is 30.9. The van der Waals surface area contributed by atoms with E-state index >= 15 is 0 Å². The number of aromatic nitrogens is 3. The van der Waals surface area contributed by atoms with Gasteiger partial charge in [0, 0.05) is 11.8 Å². The Morgan fingerprint density at radius 3 is 2.35 bits per heavy atom.